The number of nitrogens with zero attached hydrogens (tertiary/aromatic N) is 3. The smallest absolute Gasteiger partial charge is 0.274 e. The lowest BCUT2D eigenvalue weighted by molar-refractivity contribution is 0.102. The van der Waals surface area contributed by atoms with Gasteiger partial charge in [0.2, 0.25) is 5.95 Å². The first kappa shape index (κ1) is 17.3. The van der Waals surface area contributed by atoms with E-state index in [1.165, 1.54) is 12.5 Å². The van der Waals surface area contributed by atoms with Crippen molar-refractivity contribution in [2.24, 2.45) is 5.92 Å². The van der Waals surface area contributed by atoms with Gasteiger partial charge in [0.25, 0.3) is 5.91 Å². The Hall–Kier alpha value is -2.57. The van der Waals surface area contributed by atoms with Gasteiger partial charge in [0.1, 0.15) is 5.69 Å². The van der Waals surface area contributed by atoms with E-state index < -0.39 is 17.5 Å². The Kier molecular flexibility index (Phi) is 4.92. The number of benzene rings is 1. The molecule has 1 aromatic carbocycles. The Morgan fingerprint density at radius 3 is 2.76 bits per heavy atom. The molecule has 0 spiro atoms. The van der Waals surface area contributed by atoms with Gasteiger partial charge in [0.05, 0.1) is 0 Å². The lowest BCUT2D eigenvalue weighted by Crippen LogP contribution is -2.36. The Balaban J connectivity index is 1.81. The molecule has 1 saturated heterocycles. The standard InChI is InChI=1S/C18H20F2N4O/c1-11-4-3-7-24(10-11)18-21-12(2)8-16(23-18)17(25)22-13-5-6-14(19)15(20)9-13/h5-6,8-9,11H,3-4,7,10H2,1-2H3,(H,22,25). The SMILES string of the molecule is Cc1cc(C(=O)Nc2ccc(F)c(F)c2)nc(N2CCCC(C)C2)n1. The van der Waals surface area contributed by atoms with E-state index >= 15 is 0 Å². The maximum atomic E-state index is 13.3. The van der Waals surface area contributed by atoms with E-state index in [1.807, 2.05) is 0 Å². The van der Waals surface area contributed by atoms with E-state index in [9.17, 15) is 13.6 Å². The summed E-state index contributed by atoms with van der Waals surface area (Å²) in [7, 11) is 0. The number of anilines is 2. The third-order valence-electron chi connectivity index (χ3n) is 4.19. The summed E-state index contributed by atoms with van der Waals surface area (Å²) < 4.78 is 26.3. The predicted octanol–water partition coefficient (Wildman–Crippen LogP) is 3.55. The fraction of sp³-hybridized carbons (Fsp3) is 0.389. The van der Waals surface area contributed by atoms with Crippen LogP contribution in [0.3, 0.4) is 0 Å². The first-order chi connectivity index (χ1) is 11.9. The molecule has 1 unspecified atom stereocenters. The van der Waals surface area contributed by atoms with Crippen molar-refractivity contribution in [3.8, 4) is 0 Å². The van der Waals surface area contributed by atoms with Gasteiger partial charge in [-0.25, -0.2) is 18.7 Å². The number of piperidine rings is 1. The van der Waals surface area contributed by atoms with Crippen LogP contribution < -0.4 is 10.2 Å². The molecule has 1 fully saturated rings. The molecule has 5 nitrogen and oxygen atoms in total. The van der Waals surface area contributed by atoms with E-state index in [-0.39, 0.29) is 11.4 Å². The van der Waals surface area contributed by atoms with Gasteiger partial charge in [0, 0.05) is 30.5 Å². The molecule has 25 heavy (non-hydrogen) atoms. The lowest BCUT2D eigenvalue weighted by atomic mass is 10.0. The van der Waals surface area contributed by atoms with Crippen LogP contribution in [0, 0.1) is 24.5 Å². The Bertz CT molecular complexity index is 797. The van der Waals surface area contributed by atoms with Gasteiger partial charge in [-0.3, -0.25) is 4.79 Å². The third kappa shape index (κ3) is 4.10. The third-order valence-corrected chi connectivity index (χ3v) is 4.19. The number of hydrogen-bond acceptors (Lipinski definition) is 4. The Morgan fingerprint density at radius 2 is 2.04 bits per heavy atom. The van der Waals surface area contributed by atoms with Crippen molar-refractivity contribution < 1.29 is 13.6 Å². The molecule has 1 aliphatic heterocycles. The van der Waals surface area contributed by atoms with Crippen LogP contribution in [0.2, 0.25) is 0 Å². The van der Waals surface area contributed by atoms with Gasteiger partial charge < -0.3 is 10.2 Å². The number of carbonyl (C=O) groups is 1. The fourth-order valence-electron chi connectivity index (χ4n) is 2.95. The average molecular weight is 346 g/mol. The number of nitrogens with one attached hydrogen (secondary N) is 1. The molecule has 0 saturated carbocycles. The molecule has 0 radical (unpaired) electrons. The first-order valence-corrected chi connectivity index (χ1v) is 8.29. The molecule has 2 heterocycles. The van der Waals surface area contributed by atoms with Crippen LogP contribution in [0.15, 0.2) is 24.3 Å². The predicted molar refractivity (Wildman–Crippen MR) is 91.7 cm³/mol. The number of carbonyl (C=O) groups excluding carboxylic acids is 1. The van der Waals surface area contributed by atoms with Gasteiger partial charge in [0.15, 0.2) is 11.6 Å². The Labute approximate surface area is 145 Å². The second-order valence-corrected chi connectivity index (χ2v) is 6.47. The van der Waals surface area contributed by atoms with E-state index in [0.29, 0.717) is 17.6 Å². The highest BCUT2D eigenvalue weighted by Gasteiger charge is 2.20. The molecule has 0 aliphatic carbocycles. The number of amides is 1. The molecular weight excluding hydrogens is 326 g/mol. The minimum atomic E-state index is -1.01. The second kappa shape index (κ2) is 7.13. The summed E-state index contributed by atoms with van der Waals surface area (Å²) in [5, 5.41) is 2.54. The zero-order chi connectivity index (χ0) is 18.0. The topological polar surface area (TPSA) is 58.1 Å². The summed E-state index contributed by atoms with van der Waals surface area (Å²) in [5.41, 5.74) is 1.05. The molecule has 2 aromatic rings. The highest BCUT2D eigenvalue weighted by molar-refractivity contribution is 6.03. The van der Waals surface area contributed by atoms with Crippen molar-refractivity contribution in [1.29, 1.82) is 0 Å². The normalized spacial score (nSPS) is 17.4. The zero-order valence-electron chi connectivity index (χ0n) is 14.2. The lowest BCUT2D eigenvalue weighted by Gasteiger charge is -2.31. The van der Waals surface area contributed by atoms with E-state index in [0.717, 1.165) is 31.6 Å². The average Bonchev–Trinajstić information content (AvgIpc) is 2.57. The van der Waals surface area contributed by atoms with Crippen LogP contribution in [0.1, 0.15) is 35.9 Å². The molecular formula is C18H20F2N4O. The number of aromatic nitrogens is 2. The molecule has 132 valence electrons. The van der Waals surface area contributed by atoms with E-state index in [2.05, 4.69) is 27.1 Å². The molecule has 7 heteroatoms. The zero-order valence-corrected chi connectivity index (χ0v) is 14.2. The minimum absolute atomic E-state index is 0.174. The monoisotopic (exact) mass is 346 g/mol. The van der Waals surface area contributed by atoms with Crippen LogP contribution in [-0.4, -0.2) is 29.0 Å². The summed E-state index contributed by atoms with van der Waals surface area (Å²) >= 11 is 0. The number of rotatable bonds is 3. The molecule has 0 bridgehead atoms. The fourth-order valence-corrected chi connectivity index (χ4v) is 2.95. The van der Waals surface area contributed by atoms with E-state index in [1.54, 1.807) is 13.0 Å². The van der Waals surface area contributed by atoms with Crippen LogP contribution in [-0.2, 0) is 0 Å². The van der Waals surface area contributed by atoms with Crippen molar-refractivity contribution in [2.75, 3.05) is 23.3 Å². The summed E-state index contributed by atoms with van der Waals surface area (Å²) in [6.07, 6.45) is 2.24. The van der Waals surface area contributed by atoms with Gasteiger partial charge in [-0.05, 0) is 43.9 Å². The first-order valence-electron chi connectivity index (χ1n) is 8.29. The van der Waals surface area contributed by atoms with Gasteiger partial charge in [-0.2, -0.15) is 0 Å². The highest BCUT2D eigenvalue weighted by atomic mass is 19.2. The van der Waals surface area contributed by atoms with Gasteiger partial charge >= 0.3 is 0 Å². The molecule has 3 rings (SSSR count). The quantitative estimate of drug-likeness (QED) is 0.923. The molecule has 1 atom stereocenters. The molecule has 1 aromatic heterocycles. The van der Waals surface area contributed by atoms with Crippen LogP contribution in [0.5, 0.6) is 0 Å². The number of aryl methyl sites for hydroxylation is 1. The van der Waals surface area contributed by atoms with Gasteiger partial charge in [-0.15, -0.1) is 0 Å². The Morgan fingerprint density at radius 1 is 1.24 bits per heavy atom. The van der Waals surface area contributed by atoms with Crippen molar-refractivity contribution >= 4 is 17.5 Å². The summed E-state index contributed by atoms with van der Waals surface area (Å²) in [6.45, 7) is 5.69. The second-order valence-electron chi connectivity index (χ2n) is 6.47. The summed E-state index contributed by atoms with van der Waals surface area (Å²) in [4.78, 5) is 23.3. The van der Waals surface area contributed by atoms with Crippen molar-refractivity contribution in [2.45, 2.75) is 26.7 Å². The maximum Gasteiger partial charge on any atom is 0.274 e. The summed E-state index contributed by atoms with van der Waals surface area (Å²) in [5.74, 6) is -1.38. The largest absolute Gasteiger partial charge is 0.341 e. The molecule has 1 amide bonds. The highest BCUT2D eigenvalue weighted by Crippen LogP contribution is 2.21. The van der Waals surface area contributed by atoms with Crippen molar-refractivity contribution in [3.05, 3.63) is 47.3 Å². The maximum absolute atomic E-state index is 13.3. The molecule has 1 aliphatic rings. The van der Waals surface area contributed by atoms with Crippen molar-refractivity contribution in [3.63, 3.8) is 0 Å². The number of hydrogen-bond donors (Lipinski definition) is 1. The summed E-state index contributed by atoms with van der Waals surface area (Å²) in [6, 6.07) is 4.79. The van der Waals surface area contributed by atoms with E-state index in [4.69, 9.17) is 0 Å². The van der Waals surface area contributed by atoms with Gasteiger partial charge in [-0.1, -0.05) is 6.92 Å². The molecule has 1 N–H and O–H groups in total. The van der Waals surface area contributed by atoms with Crippen molar-refractivity contribution in [1.82, 2.24) is 9.97 Å². The van der Waals surface area contributed by atoms with Crippen LogP contribution in [0.25, 0.3) is 0 Å². The van der Waals surface area contributed by atoms with Crippen LogP contribution in [0.4, 0.5) is 20.4 Å². The number of halogens is 2. The van der Waals surface area contributed by atoms with Crippen LogP contribution >= 0.6 is 0 Å². The minimum Gasteiger partial charge on any atom is -0.341 e.